The molecule has 0 bridgehead atoms. The van der Waals surface area contributed by atoms with Crippen molar-refractivity contribution in [1.82, 2.24) is 4.90 Å². The number of rotatable bonds is 7. The van der Waals surface area contributed by atoms with Crippen molar-refractivity contribution in [2.45, 2.75) is 38.1 Å². The van der Waals surface area contributed by atoms with Gasteiger partial charge < -0.3 is 19.7 Å². The molecule has 136 valence electrons. The summed E-state index contributed by atoms with van der Waals surface area (Å²) in [6, 6.07) is 3.00. The van der Waals surface area contributed by atoms with E-state index < -0.39 is 0 Å². The van der Waals surface area contributed by atoms with Crippen LogP contribution in [0.4, 0.5) is 5.69 Å². The van der Waals surface area contributed by atoms with Crippen molar-refractivity contribution in [3.63, 3.8) is 0 Å². The Labute approximate surface area is 156 Å². The number of methoxy groups -OCH3 is 1. The van der Waals surface area contributed by atoms with Gasteiger partial charge >= 0.3 is 0 Å². The van der Waals surface area contributed by atoms with Crippen LogP contribution in [0.25, 0.3) is 0 Å². The molecule has 25 heavy (non-hydrogen) atoms. The maximum absolute atomic E-state index is 12.8. The average molecular weight is 411 g/mol. The molecule has 7 heteroatoms. The second-order valence-electron chi connectivity index (χ2n) is 6.29. The second-order valence-corrected chi connectivity index (χ2v) is 7.09. The average Bonchev–Trinajstić information content (AvgIpc) is 3.07. The van der Waals surface area contributed by atoms with E-state index in [1.165, 1.54) is 0 Å². The minimum atomic E-state index is -0.375. The topological polar surface area (TPSA) is 67.9 Å². The Balaban J connectivity index is 1.83. The number of amides is 2. The van der Waals surface area contributed by atoms with E-state index >= 15 is 0 Å². The molecule has 0 aliphatic carbocycles. The van der Waals surface area contributed by atoms with Gasteiger partial charge in [-0.15, -0.1) is 0 Å². The molecule has 6 nitrogen and oxygen atoms in total. The minimum Gasteiger partial charge on any atom is -0.493 e. The predicted octanol–water partition coefficient (Wildman–Crippen LogP) is 3.20. The predicted molar refractivity (Wildman–Crippen MR) is 98.8 cm³/mol. The summed E-state index contributed by atoms with van der Waals surface area (Å²) in [5, 5.41) is 3.87. The van der Waals surface area contributed by atoms with Crippen molar-refractivity contribution < 1.29 is 19.1 Å². The van der Waals surface area contributed by atoms with Gasteiger partial charge in [0.05, 0.1) is 25.0 Å². The molecule has 0 spiro atoms. The molecule has 2 aliphatic rings. The van der Waals surface area contributed by atoms with Gasteiger partial charge in [-0.25, -0.2) is 0 Å². The SMILES string of the molecule is COc1cc2c(cc1OCCCCCBr)NC(=O)[C@@H]1CCCN1C2=O. The fourth-order valence-corrected chi connectivity index (χ4v) is 3.72. The van der Waals surface area contributed by atoms with E-state index in [2.05, 4.69) is 21.2 Å². The number of carbonyl (C=O) groups is 2. The zero-order chi connectivity index (χ0) is 17.8. The Morgan fingerprint density at radius 1 is 1.24 bits per heavy atom. The van der Waals surface area contributed by atoms with Gasteiger partial charge in [-0.3, -0.25) is 9.59 Å². The van der Waals surface area contributed by atoms with E-state index in [1.807, 2.05) is 0 Å². The summed E-state index contributed by atoms with van der Waals surface area (Å²) in [7, 11) is 1.55. The second kappa shape index (κ2) is 8.08. The molecule has 2 aliphatic heterocycles. The molecular weight excluding hydrogens is 388 g/mol. The summed E-state index contributed by atoms with van der Waals surface area (Å²) in [6.45, 7) is 1.18. The summed E-state index contributed by atoms with van der Waals surface area (Å²) in [5.41, 5.74) is 0.960. The lowest BCUT2D eigenvalue weighted by Gasteiger charge is -2.20. The number of alkyl halides is 1. The Hall–Kier alpha value is -1.76. The lowest BCUT2D eigenvalue weighted by atomic mass is 10.1. The molecule has 0 saturated carbocycles. The van der Waals surface area contributed by atoms with Crippen molar-refractivity contribution in [2.75, 3.05) is 30.9 Å². The van der Waals surface area contributed by atoms with E-state index in [0.717, 1.165) is 31.0 Å². The van der Waals surface area contributed by atoms with Gasteiger partial charge in [0.15, 0.2) is 11.5 Å². The summed E-state index contributed by atoms with van der Waals surface area (Å²) in [5.74, 6) is 0.811. The first-order valence-corrected chi connectivity index (χ1v) is 9.80. The van der Waals surface area contributed by atoms with Crippen LogP contribution < -0.4 is 14.8 Å². The number of benzene rings is 1. The Morgan fingerprint density at radius 3 is 2.84 bits per heavy atom. The molecule has 1 aromatic carbocycles. The highest BCUT2D eigenvalue weighted by molar-refractivity contribution is 9.09. The molecule has 1 saturated heterocycles. The van der Waals surface area contributed by atoms with E-state index in [9.17, 15) is 9.59 Å². The summed E-state index contributed by atoms with van der Waals surface area (Å²) >= 11 is 3.41. The molecule has 2 heterocycles. The molecule has 0 aromatic heterocycles. The first-order chi connectivity index (χ1) is 12.2. The van der Waals surface area contributed by atoms with Crippen LogP contribution in [0, 0.1) is 0 Å². The maximum Gasteiger partial charge on any atom is 0.256 e. The van der Waals surface area contributed by atoms with Crippen LogP contribution in [0.5, 0.6) is 11.5 Å². The number of ether oxygens (including phenoxy) is 2. The highest BCUT2D eigenvalue weighted by Gasteiger charge is 2.38. The van der Waals surface area contributed by atoms with Crippen LogP contribution in [-0.4, -0.2) is 48.3 Å². The minimum absolute atomic E-state index is 0.127. The number of anilines is 1. The van der Waals surface area contributed by atoms with Gasteiger partial charge in [0.1, 0.15) is 6.04 Å². The Morgan fingerprint density at radius 2 is 2.08 bits per heavy atom. The molecule has 0 radical (unpaired) electrons. The van der Waals surface area contributed by atoms with Crippen LogP contribution in [0.3, 0.4) is 0 Å². The molecule has 0 unspecified atom stereocenters. The smallest absolute Gasteiger partial charge is 0.256 e. The number of halogens is 1. The van der Waals surface area contributed by atoms with Crippen molar-refractivity contribution in [1.29, 1.82) is 0 Å². The van der Waals surface area contributed by atoms with Crippen LogP contribution in [0.15, 0.2) is 12.1 Å². The van der Waals surface area contributed by atoms with Crippen LogP contribution in [-0.2, 0) is 4.79 Å². The fraction of sp³-hybridized carbons (Fsp3) is 0.556. The van der Waals surface area contributed by atoms with E-state index in [0.29, 0.717) is 42.3 Å². The molecule has 2 amide bonds. The fourth-order valence-electron chi connectivity index (χ4n) is 3.32. The number of nitrogens with zero attached hydrogens (tertiary/aromatic N) is 1. The van der Waals surface area contributed by atoms with Crippen molar-refractivity contribution in [2.24, 2.45) is 0 Å². The maximum atomic E-state index is 12.8. The molecule has 3 rings (SSSR count). The van der Waals surface area contributed by atoms with Gasteiger partial charge in [0.2, 0.25) is 5.91 Å². The van der Waals surface area contributed by atoms with Crippen molar-refractivity contribution in [3.8, 4) is 11.5 Å². The third-order valence-corrected chi connectivity index (χ3v) is 5.20. The number of hydrogen-bond acceptors (Lipinski definition) is 4. The quantitative estimate of drug-likeness (QED) is 0.553. The van der Waals surface area contributed by atoms with Gasteiger partial charge in [0, 0.05) is 17.9 Å². The highest BCUT2D eigenvalue weighted by atomic mass is 79.9. The number of unbranched alkanes of at least 4 members (excludes halogenated alkanes) is 2. The van der Waals surface area contributed by atoms with Gasteiger partial charge in [-0.05, 0) is 38.2 Å². The molecule has 1 N–H and O–H groups in total. The molecular formula is C18H23BrN2O4. The molecule has 1 fully saturated rings. The monoisotopic (exact) mass is 410 g/mol. The lowest BCUT2D eigenvalue weighted by molar-refractivity contribution is -0.119. The molecule has 1 atom stereocenters. The van der Waals surface area contributed by atoms with Crippen LogP contribution in [0.1, 0.15) is 42.5 Å². The first-order valence-electron chi connectivity index (χ1n) is 8.68. The van der Waals surface area contributed by atoms with E-state index in [-0.39, 0.29) is 17.9 Å². The van der Waals surface area contributed by atoms with E-state index in [4.69, 9.17) is 9.47 Å². The normalized spacial score (nSPS) is 19.1. The Kier molecular flexibility index (Phi) is 5.83. The van der Waals surface area contributed by atoms with Crippen LogP contribution >= 0.6 is 15.9 Å². The van der Waals surface area contributed by atoms with Crippen LogP contribution in [0.2, 0.25) is 0 Å². The standard InChI is InChI=1S/C18H23BrN2O4/c1-24-15-10-12-13(11-16(15)25-9-4-2-3-7-19)20-17(22)14-6-5-8-21(14)18(12)23/h10-11,14H,2-9H2,1H3,(H,20,22)/t14-/m0/s1. The van der Waals surface area contributed by atoms with Gasteiger partial charge in [0.25, 0.3) is 5.91 Å². The number of nitrogens with one attached hydrogen (secondary N) is 1. The highest BCUT2D eigenvalue weighted by Crippen LogP contribution is 2.37. The third-order valence-electron chi connectivity index (χ3n) is 4.64. The number of hydrogen-bond donors (Lipinski definition) is 1. The van der Waals surface area contributed by atoms with Crippen molar-refractivity contribution >= 4 is 33.4 Å². The van der Waals surface area contributed by atoms with Gasteiger partial charge in [-0.1, -0.05) is 15.9 Å². The summed E-state index contributed by atoms with van der Waals surface area (Å²) in [6.07, 6.45) is 4.68. The zero-order valence-corrected chi connectivity index (χ0v) is 15.9. The summed E-state index contributed by atoms with van der Waals surface area (Å²) in [4.78, 5) is 26.9. The van der Waals surface area contributed by atoms with E-state index in [1.54, 1.807) is 24.1 Å². The lowest BCUT2D eigenvalue weighted by Crippen LogP contribution is -2.40. The number of fused-ring (bicyclic) bond motifs is 2. The van der Waals surface area contributed by atoms with Gasteiger partial charge in [-0.2, -0.15) is 0 Å². The first kappa shape index (κ1) is 18.0. The largest absolute Gasteiger partial charge is 0.493 e. The molecule has 1 aromatic rings. The zero-order valence-electron chi connectivity index (χ0n) is 14.3. The number of carbonyl (C=O) groups excluding carboxylic acids is 2. The van der Waals surface area contributed by atoms with Crippen molar-refractivity contribution in [3.05, 3.63) is 17.7 Å². The third kappa shape index (κ3) is 3.76. The summed E-state index contributed by atoms with van der Waals surface area (Å²) < 4.78 is 11.2. The Bertz CT molecular complexity index is 665.